The van der Waals surface area contributed by atoms with Gasteiger partial charge in [-0.25, -0.2) is 43.9 Å². The first kappa shape index (κ1) is 98.1. The lowest BCUT2D eigenvalue weighted by Gasteiger charge is -2.27. The largest absolute Gasteiger partial charge is 0.449 e. The number of nitrogens with one attached hydrogen (secondary N) is 6. The fourth-order valence-electron chi connectivity index (χ4n) is 11.8. The number of nitrogens with zero attached hydrogens (tertiary/aromatic N) is 9. The fraction of sp³-hybridized carbons (Fsp3) is 0.507. The molecule has 20 N–H and O–H groups in total. The van der Waals surface area contributed by atoms with E-state index in [2.05, 4.69) is 64.9 Å². The highest BCUT2D eigenvalue weighted by atomic mass is 35.5. The van der Waals surface area contributed by atoms with Gasteiger partial charge in [0.25, 0.3) is 16.7 Å². The third kappa shape index (κ3) is 24.9. The normalized spacial score (nSPS) is 24.3. The van der Waals surface area contributed by atoms with E-state index in [1.54, 1.807) is 104 Å². The molecule has 3 fully saturated rings. The molecule has 3 aliphatic rings. The van der Waals surface area contributed by atoms with Crippen LogP contribution in [-0.4, -0.2) is 221 Å². The molecule has 50 heteroatoms. The van der Waals surface area contributed by atoms with Crippen LogP contribution < -0.4 is 49.1 Å². The number of anilines is 3. The van der Waals surface area contributed by atoms with Gasteiger partial charge in [0.2, 0.25) is 24.6 Å². The van der Waals surface area contributed by atoms with E-state index in [9.17, 15) is 83.1 Å². The molecule has 0 bridgehead atoms. The van der Waals surface area contributed by atoms with E-state index in [-0.39, 0.29) is 107 Å². The first-order valence-corrected chi connectivity index (χ1v) is 43.9. The molecule has 15 atom stereocenters. The number of fused-ring (bicyclic) bond motifs is 3. The Hall–Kier alpha value is -8.71. The first-order chi connectivity index (χ1) is 57.5. The SMILES string of the molecule is CC(C)(C)C(=O)OCCl.CC(C)(C)C(=O)OCOP(=O)(NCc1ccccc1)OC[C@H]1O[C@@H](n2cnc3c(=O)[nH]c(N)nc32)[C@](C)(O)[C@@H]1O.CC(C)(CO)C(=O)SCCOP(=O)(NCc1ccccc1)OC[C@H]1O[C@@H](n2cnc3c(=O)[nH]c(N)nc32)[C@](C)(O)[C@@H]1O.C[C@@]1(O)[C@H](O)[C@@H](COP(=O)(O)NCc2ccccc2)O[C@H]1n1cnc2c(=O)[nH]c(N)nc21. The van der Waals surface area contributed by atoms with Gasteiger partial charge in [-0.3, -0.25) is 80.0 Å². The third-order valence-electron chi connectivity index (χ3n) is 18.9. The molecule has 0 amide bonds. The Balaban J connectivity index is 0.000000200. The first-order valence-electron chi connectivity index (χ1n) is 37.7. The molecular weight excluding hydrogens is 1720 g/mol. The Morgan fingerprint density at radius 2 is 0.854 bits per heavy atom. The van der Waals surface area contributed by atoms with Crippen molar-refractivity contribution in [2.75, 3.05) is 68.8 Å². The number of imidazole rings is 3. The standard InChI is InChI=1S/C25H35N6O9PS.C24H33N6O9P.C18H23N6O7P.C6H11ClO2/c1-24(2,13-32)22(35)42-10-9-38-41(37,28-11-15-7-5-4-6-8-15)39-12-16-18(33)25(3,36)21(40-16)31-14-27-17-19(31)29-23(26)30-20(17)34;1-23(2,3)21(33)36-13-38-40(35,27-10-14-8-6-5-7-9-14)37-11-15-17(31)24(4,34)20(39-15)30-12-26-16-18(30)28-22(25)29-19(16)32;1-18(27)13(25)11(8-30-32(28,29)21-7-10-5-3-2-4-6-10)31-16(18)24-9-20-12-14(24)22-17(19)23-15(12)26;1-6(2,3)5(8)9-4-7/h4-8,14,16,18,21,32-33,36H,9-13H2,1-3H3,(H,28,37)(H3,26,29,30,34);5-9,12,15,17,20,31,34H,10-11,13H2,1-4H3,(H,27,35)(H3,25,28,29,32);2-6,9,11,13,16,25,27H,7-8H2,1H3,(H2,21,28,29)(H3,19,22,23,26);4H2,1-3H3/t16-,18-,21-,25-,41?;15-,17-,20-,24-,40?;11-,13-,16-,18-;/m111./s1. The van der Waals surface area contributed by atoms with Crippen LogP contribution >= 0.6 is 46.6 Å². The number of halogens is 1. The lowest BCUT2D eigenvalue weighted by Crippen LogP contribution is -2.44. The number of nitrogens with two attached hydrogens (primary N) is 3. The average molecular weight is 1820 g/mol. The van der Waals surface area contributed by atoms with Crippen LogP contribution in [0, 0.1) is 16.2 Å². The minimum atomic E-state index is -4.23. The predicted molar refractivity (Wildman–Crippen MR) is 444 cm³/mol. The van der Waals surface area contributed by atoms with Gasteiger partial charge in [-0.1, -0.05) is 114 Å². The van der Waals surface area contributed by atoms with Crippen molar-refractivity contribution >= 4 is 115 Å². The van der Waals surface area contributed by atoms with Gasteiger partial charge in [0.1, 0.15) is 53.4 Å². The van der Waals surface area contributed by atoms with Crippen LogP contribution in [0.15, 0.2) is 124 Å². The second-order valence-electron chi connectivity index (χ2n) is 31.5. The summed E-state index contributed by atoms with van der Waals surface area (Å²) in [6, 6.07) is 27.0. The lowest BCUT2D eigenvalue weighted by atomic mass is 9.96. The van der Waals surface area contributed by atoms with Crippen LogP contribution in [-0.2, 0) is 94.0 Å². The summed E-state index contributed by atoms with van der Waals surface area (Å²) in [5.41, 5.74) is 9.65. The van der Waals surface area contributed by atoms with Crippen molar-refractivity contribution < 1.29 is 115 Å². The lowest BCUT2D eigenvalue weighted by molar-refractivity contribution is -0.160. The van der Waals surface area contributed by atoms with Gasteiger partial charge < -0.3 is 81.5 Å². The molecule has 123 heavy (non-hydrogen) atoms. The number of aliphatic hydroxyl groups excluding tert-OH is 4. The van der Waals surface area contributed by atoms with Gasteiger partial charge in [0, 0.05) is 25.4 Å². The molecule has 45 nitrogen and oxygen atoms in total. The second kappa shape index (κ2) is 40.7. The number of aromatic amines is 3. The Morgan fingerprint density at radius 3 is 1.18 bits per heavy atom. The number of alkyl halides is 1. The quantitative estimate of drug-likeness (QED) is 0.00972. The molecule has 3 aliphatic heterocycles. The maximum absolute atomic E-state index is 13.7. The van der Waals surface area contributed by atoms with Crippen LogP contribution in [0.3, 0.4) is 0 Å². The van der Waals surface area contributed by atoms with E-state index < -0.39 is 161 Å². The zero-order chi connectivity index (χ0) is 90.6. The molecule has 3 unspecified atom stereocenters. The summed E-state index contributed by atoms with van der Waals surface area (Å²) in [6.45, 7) is 15.2. The molecule has 9 aromatic rings. The topological polar surface area (TPSA) is 661 Å². The number of nitrogen functional groups attached to an aromatic ring is 3. The number of H-pyrrole nitrogens is 3. The second-order valence-corrected chi connectivity index (χ2v) is 38.1. The zero-order valence-electron chi connectivity index (χ0n) is 68.6. The highest BCUT2D eigenvalue weighted by Gasteiger charge is 2.57. The van der Waals surface area contributed by atoms with E-state index in [0.29, 0.717) is 0 Å². The van der Waals surface area contributed by atoms with E-state index in [0.717, 1.165) is 28.5 Å². The number of rotatable bonds is 31. The minimum Gasteiger partial charge on any atom is -0.449 e. The number of benzene rings is 3. The van der Waals surface area contributed by atoms with E-state index in [1.165, 1.54) is 53.5 Å². The van der Waals surface area contributed by atoms with Gasteiger partial charge >= 0.3 is 35.2 Å². The Labute approximate surface area is 711 Å². The molecule has 3 saturated heterocycles. The molecular formula is C73H102ClN18O27P3S. The smallest absolute Gasteiger partial charge is 0.408 e. The van der Waals surface area contributed by atoms with E-state index in [4.69, 9.17) is 70.4 Å². The summed E-state index contributed by atoms with van der Waals surface area (Å²) < 4.78 is 97.8. The summed E-state index contributed by atoms with van der Waals surface area (Å²) >= 11 is 6.09. The maximum atomic E-state index is 13.7. The average Bonchev–Trinajstić information content (AvgIpc) is 1.61. The number of thioether (sulfide) groups is 1. The molecule has 0 spiro atoms. The van der Waals surface area contributed by atoms with Crippen LogP contribution in [0.5, 0.6) is 0 Å². The summed E-state index contributed by atoms with van der Waals surface area (Å²) in [7, 11) is -12.4. The Kier molecular flexibility index (Phi) is 32.5. The van der Waals surface area contributed by atoms with Gasteiger partial charge in [0.15, 0.2) is 63.4 Å². The highest BCUT2D eigenvalue weighted by molar-refractivity contribution is 8.13. The number of hydrogen-bond acceptors (Lipinski definition) is 36. The maximum Gasteiger partial charge on any atom is 0.408 e. The van der Waals surface area contributed by atoms with Gasteiger partial charge in [-0.05, 0) is 92.9 Å². The number of carbonyl (C=O) groups is 3. The number of aromatic nitrogens is 12. The minimum absolute atomic E-state index is 0.0273. The third-order valence-corrected chi connectivity index (χ3v) is 24.3. The van der Waals surface area contributed by atoms with Gasteiger partial charge in [-0.2, -0.15) is 15.0 Å². The van der Waals surface area contributed by atoms with E-state index >= 15 is 0 Å². The summed E-state index contributed by atoms with van der Waals surface area (Å²) in [5.74, 6) is -1.20. The molecule has 9 heterocycles. The summed E-state index contributed by atoms with van der Waals surface area (Å²) in [4.78, 5) is 113. The molecule has 0 aliphatic carbocycles. The van der Waals surface area contributed by atoms with E-state index in [1.807, 2.05) is 42.5 Å². The molecule has 674 valence electrons. The van der Waals surface area contributed by atoms with Gasteiger partial charge in [0.05, 0.1) is 68.3 Å². The van der Waals surface area contributed by atoms with Crippen LogP contribution in [0.25, 0.3) is 33.5 Å². The number of ether oxygens (including phenoxy) is 5. The van der Waals surface area contributed by atoms with Crippen LogP contribution in [0.1, 0.15) is 112 Å². The number of hydrogen-bond donors (Lipinski definition) is 17. The van der Waals surface area contributed by atoms with Crippen molar-refractivity contribution in [2.45, 2.75) is 168 Å². The van der Waals surface area contributed by atoms with Crippen molar-refractivity contribution in [3.63, 3.8) is 0 Å². The van der Waals surface area contributed by atoms with Crippen molar-refractivity contribution in [3.8, 4) is 0 Å². The zero-order valence-corrected chi connectivity index (χ0v) is 72.8. The van der Waals surface area contributed by atoms with Crippen molar-refractivity contribution in [1.29, 1.82) is 0 Å². The van der Waals surface area contributed by atoms with Gasteiger partial charge in [-0.15, -0.1) is 0 Å². The van der Waals surface area contributed by atoms with Crippen molar-refractivity contribution in [1.82, 2.24) is 73.8 Å². The predicted octanol–water partition coefficient (Wildman–Crippen LogP) is 3.50. The molecule has 0 radical (unpaired) electrons. The van der Waals surface area contributed by atoms with Crippen LogP contribution in [0.4, 0.5) is 17.8 Å². The number of carbonyl (C=O) groups excluding carboxylic acids is 3. The summed E-state index contributed by atoms with van der Waals surface area (Å²) in [5, 5.41) is 82.6. The molecule has 3 aromatic carbocycles. The summed E-state index contributed by atoms with van der Waals surface area (Å²) in [6.07, 6.45) is -8.15. The molecule has 6 aromatic heterocycles. The number of aliphatic hydroxyl groups is 7. The Morgan fingerprint density at radius 1 is 0.528 bits per heavy atom. The number of esters is 2. The van der Waals surface area contributed by atoms with Crippen molar-refractivity contribution in [3.05, 3.63) is 158 Å². The molecule has 12 rings (SSSR count). The Bertz CT molecular complexity index is 5440. The highest BCUT2D eigenvalue weighted by Crippen LogP contribution is 2.50. The van der Waals surface area contributed by atoms with Crippen molar-refractivity contribution in [2.24, 2.45) is 16.2 Å². The fourth-order valence-corrected chi connectivity index (χ4v) is 16.2. The van der Waals surface area contributed by atoms with Crippen LogP contribution in [0.2, 0.25) is 0 Å². The molecule has 0 saturated carbocycles. The monoisotopic (exact) mass is 1820 g/mol.